The maximum atomic E-state index is 12.7. The van der Waals surface area contributed by atoms with E-state index in [1.165, 1.54) is 4.31 Å². The van der Waals surface area contributed by atoms with E-state index in [9.17, 15) is 8.42 Å². The van der Waals surface area contributed by atoms with E-state index in [1.54, 1.807) is 42.5 Å². The second-order valence-corrected chi connectivity index (χ2v) is 7.58. The van der Waals surface area contributed by atoms with Gasteiger partial charge in [-0.15, -0.1) is 6.42 Å². The van der Waals surface area contributed by atoms with Gasteiger partial charge in [0.1, 0.15) is 0 Å². The van der Waals surface area contributed by atoms with Gasteiger partial charge in [-0.2, -0.15) is 4.31 Å². The molecule has 5 heteroatoms. The fraction of sp³-hybridized carbons (Fsp3) is 0.158. The number of nitrogens with zero attached hydrogens (tertiary/aromatic N) is 1. The van der Waals surface area contributed by atoms with Crippen LogP contribution in [-0.2, 0) is 10.0 Å². The summed E-state index contributed by atoms with van der Waals surface area (Å²) in [5, 5.41) is 0.610. The standard InChI is InChI=1S/C19H18ClNO2S/c1-3-14-21(15-6-8-17-7-4-5-9-19(17)20)24(22,23)18-12-10-16(2)11-13-18/h1,4-13H,14-15H2,2H3. The van der Waals surface area contributed by atoms with Crippen molar-refractivity contribution in [3.05, 3.63) is 70.8 Å². The lowest BCUT2D eigenvalue weighted by molar-refractivity contribution is 0.478. The lowest BCUT2D eigenvalue weighted by Crippen LogP contribution is -2.31. The fourth-order valence-electron chi connectivity index (χ4n) is 2.12. The molecule has 2 aromatic rings. The molecule has 0 atom stereocenters. The molecule has 0 aliphatic heterocycles. The summed E-state index contributed by atoms with van der Waals surface area (Å²) >= 11 is 6.09. The molecule has 124 valence electrons. The molecular weight excluding hydrogens is 342 g/mol. The highest BCUT2D eigenvalue weighted by Crippen LogP contribution is 2.18. The smallest absolute Gasteiger partial charge is 0.207 e. The number of hydrogen-bond donors (Lipinski definition) is 0. The molecule has 0 N–H and O–H groups in total. The summed E-state index contributed by atoms with van der Waals surface area (Å²) in [5.41, 5.74) is 1.82. The summed E-state index contributed by atoms with van der Waals surface area (Å²) in [4.78, 5) is 0.231. The van der Waals surface area contributed by atoms with Gasteiger partial charge in [-0.05, 0) is 30.7 Å². The first-order valence-corrected chi connectivity index (χ1v) is 9.18. The Kier molecular flexibility index (Phi) is 6.22. The largest absolute Gasteiger partial charge is 0.244 e. The monoisotopic (exact) mass is 359 g/mol. The van der Waals surface area contributed by atoms with Crippen LogP contribution >= 0.6 is 11.6 Å². The van der Waals surface area contributed by atoms with Crippen molar-refractivity contribution in [2.45, 2.75) is 11.8 Å². The second-order valence-electron chi connectivity index (χ2n) is 5.24. The topological polar surface area (TPSA) is 37.4 Å². The van der Waals surface area contributed by atoms with Crippen molar-refractivity contribution in [3.8, 4) is 12.3 Å². The SMILES string of the molecule is C#CCN(CC=Cc1ccccc1Cl)S(=O)(=O)c1ccc(C)cc1. The number of sulfonamides is 1. The van der Waals surface area contributed by atoms with Crippen LogP contribution in [0.3, 0.4) is 0 Å². The van der Waals surface area contributed by atoms with E-state index in [0.29, 0.717) is 5.02 Å². The lowest BCUT2D eigenvalue weighted by Gasteiger charge is -2.18. The number of benzene rings is 2. The number of hydrogen-bond acceptors (Lipinski definition) is 2. The normalized spacial score (nSPS) is 11.8. The minimum atomic E-state index is -3.64. The van der Waals surface area contributed by atoms with Crippen LogP contribution in [0.4, 0.5) is 0 Å². The van der Waals surface area contributed by atoms with Gasteiger partial charge in [0.05, 0.1) is 11.4 Å². The first-order chi connectivity index (χ1) is 11.4. The Bertz CT molecular complexity index is 865. The molecule has 24 heavy (non-hydrogen) atoms. The van der Waals surface area contributed by atoms with Crippen molar-refractivity contribution in [1.82, 2.24) is 4.31 Å². The van der Waals surface area contributed by atoms with E-state index in [4.69, 9.17) is 18.0 Å². The summed E-state index contributed by atoms with van der Waals surface area (Å²) in [5.74, 6) is 2.40. The molecule has 0 saturated heterocycles. The summed E-state index contributed by atoms with van der Waals surface area (Å²) in [6.07, 6.45) is 8.86. The number of rotatable bonds is 6. The molecule has 0 aromatic heterocycles. The summed E-state index contributed by atoms with van der Waals surface area (Å²) < 4.78 is 26.7. The van der Waals surface area contributed by atoms with Gasteiger partial charge in [-0.25, -0.2) is 8.42 Å². The van der Waals surface area contributed by atoms with Gasteiger partial charge >= 0.3 is 0 Å². The number of aryl methyl sites for hydroxylation is 1. The van der Waals surface area contributed by atoms with Crippen LogP contribution in [0.15, 0.2) is 59.5 Å². The molecule has 0 fully saturated rings. The Morgan fingerprint density at radius 3 is 2.46 bits per heavy atom. The van der Waals surface area contributed by atoms with E-state index < -0.39 is 10.0 Å². The van der Waals surface area contributed by atoms with E-state index in [1.807, 2.05) is 25.1 Å². The molecule has 2 rings (SSSR count). The molecule has 3 nitrogen and oxygen atoms in total. The van der Waals surface area contributed by atoms with E-state index in [0.717, 1.165) is 11.1 Å². The fourth-order valence-corrected chi connectivity index (χ4v) is 3.62. The quantitative estimate of drug-likeness (QED) is 0.731. The van der Waals surface area contributed by atoms with Gasteiger partial charge in [0, 0.05) is 11.6 Å². The lowest BCUT2D eigenvalue weighted by atomic mass is 10.2. The van der Waals surface area contributed by atoms with Gasteiger partial charge in [0.15, 0.2) is 0 Å². The third kappa shape index (κ3) is 4.48. The van der Waals surface area contributed by atoms with Gasteiger partial charge in [0.2, 0.25) is 10.0 Å². The second kappa shape index (κ2) is 8.16. The Balaban J connectivity index is 2.21. The maximum absolute atomic E-state index is 12.7. The summed E-state index contributed by atoms with van der Waals surface area (Å²) in [6.45, 7) is 2.08. The molecule has 0 amide bonds. The highest BCUT2D eigenvalue weighted by molar-refractivity contribution is 7.89. The van der Waals surface area contributed by atoms with Crippen molar-refractivity contribution < 1.29 is 8.42 Å². The van der Waals surface area contributed by atoms with Gasteiger partial charge in [0.25, 0.3) is 0 Å². The molecule has 0 spiro atoms. The van der Waals surface area contributed by atoms with Crippen LogP contribution < -0.4 is 0 Å². The molecule has 0 radical (unpaired) electrons. The van der Waals surface area contributed by atoms with Crippen LogP contribution in [0.5, 0.6) is 0 Å². The Morgan fingerprint density at radius 1 is 1.17 bits per heavy atom. The Hall–Kier alpha value is -2.06. The maximum Gasteiger partial charge on any atom is 0.244 e. The molecule has 0 unspecified atom stereocenters. The zero-order valence-corrected chi connectivity index (χ0v) is 14.9. The Morgan fingerprint density at radius 2 is 1.83 bits per heavy atom. The molecule has 0 bridgehead atoms. The van der Waals surface area contributed by atoms with E-state index in [2.05, 4.69) is 5.92 Å². The highest BCUT2D eigenvalue weighted by Gasteiger charge is 2.22. The van der Waals surface area contributed by atoms with Crippen LogP contribution in [-0.4, -0.2) is 25.8 Å². The molecule has 0 aliphatic carbocycles. The van der Waals surface area contributed by atoms with Crippen LogP contribution in [0.1, 0.15) is 11.1 Å². The Labute approximate surface area is 148 Å². The van der Waals surface area contributed by atoms with Crippen LogP contribution in [0.25, 0.3) is 6.08 Å². The molecule has 0 saturated carbocycles. The van der Waals surface area contributed by atoms with Gasteiger partial charge < -0.3 is 0 Å². The highest BCUT2D eigenvalue weighted by atomic mass is 35.5. The predicted molar refractivity (Wildman–Crippen MR) is 99.3 cm³/mol. The minimum Gasteiger partial charge on any atom is -0.207 e. The predicted octanol–water partition coefficient (Wildman–Crippen LogP) is 3.99. The van der Waals surface area contributed by atoms with Crippen LogP contribution in [0, 0.1) is 19.3 Å². The average molecular weight is 360 g/mol. The summed E-state index contributed by atoms with van der Waals surface area (Å²) in [7, 11) is -3.64. The third-order valence-electron chi connectivity index (χ3n) is 3.44. The van der Waals surface area contributed by atoms with E-state index in [-0.39, 0.29) is 18.0 Å². The molecule has 2 aromatic carbocycles. The minimum absolute atomic E-state index is 0.00305. The molecule has 0 heterocycles. The number of terminal acetylenes is 1. The van der Waals surface area contributed by atoms with Crippen molar-refractivity contribution in [3.63, 3.8) is 0 Å². The first-order valence-electron chi connectivity index (χ1n) is 7.36. The zero-order chi connectivity index (χ0) is 17.6. The summed E-state index contributed by atoms with van der Waals surface area (Å²) in [6, 6.07) is 14.1. The van der Waals surface area contributed by atoms with Crippen molar-refractivity contribution in [2.75, 3.05) is 13.1 Å². The number of halogens is 1. The van der Waals surface area contributed by atoms with Crippen molar-refractivity contribution in [1.29, 1.82) is 0 Å². The van der Waals surface area contributed by atoms with Gasteiger partial charge in [-0.3, -0.25) is 0 Å². The third-order valence-corrected chi connectivity index (χ3v) is 5.61. The van der Waals surface area contributed by atoms with Crippen LogP contribution in [0.2, 0.25) is 5.02 Å². The van der Waals surface area contributed by atoms with Gasteiger partial charge in [-0.1, -0.05) is 65.6 Å². The average Bonchev–Trinajstić information content (AvgIpc) is 2.56. The van der Waals surface area contributed by atoms with Crippen molar-refractivity contribution >= 4 is 27.7 Å². The molecular formula is C19H18ClNO2S. The first kappa shape index (κ1) is 18.3. The van der Waals surface area contributed by atoms with E-state index >= 15 is 0 Å². The van der Waals surface area contributed by atoms with Crippen molar-refractivity contribution in [2.24, 2.45) is 0 Å². The molecule has 0 aliphatic rings. The zero-order valence-electron chi connectivity index (χ0n) is 13.3.